The first-order valence-electron chi connectivity index (χ1n) is 12.2. The molecule has 0 amide bonds. The monoisotopic (exact) mass is 501 g/mol. The number of hydrogen-bond acceptors (Lipinski definition) is 7. The van der Waals surface area contributed by atoms with Crippen LogP contribution >= 0.6 is 7.82 Å². The molecule has 0 aromatic rings. The molecule has 9 heteroatoms. The van der Waals surface area contributed by atoms with E-state index in [9.17, 15) is 19.4 Å². The van der Waals surface area contributed by atoms with Crippen molar-refractivity contribution in [3.8, 4) is 0 Å². The van der Waals surface area contributed by atoms with E-state index in [1.54, 1.807) is 0 Å². The van der Waals surface area contributed by atoms with Crippen molar-refractivity contribution in [1.82, 2.24) is 0 Å². The number of rotatable bonds is 22. The summed E-state index contributed by atoms with van der Waals surface area (Å²) >= 11 is 0. The molecular formula is C25H44NO7P. The van der Waals surface area contributed by atoms with Gasteiger partial charge in [0.15, 0.2) is 0 Å². The van der Waals surface area contributed by atoms with Crippen LogP contribution in [-0.4, -0.2) is 48.4 Å². The minimum absolute atomic E-state index is 0.0659. The molecule has 0 spiro atoms. The summed E-state index contributed by atoms with van der Waals surface area (Å²) in [7, 11) is -4.25. The Hall–Kier alpha value is -1.54. The Bertz CT molecular complexity index is 662. The number of phosphoric ester groups is 1. The van der Waals surface area contributed by atoms with Crippen LogP contribution in [0.1, 0.15) is 71.1 Å². The zero-order chi connectivity index (χ0) is 25.3. The molecule has 0 radical (unpaired) electrons. The fourth-order valence-electron chi connectivity index (χ4n) is 2.60. The largest absolute Gasteiger partial charge is 0.472 e. The Balaban J connectivity index is 3.65. The average molecular weight is 502 g/mol. The lowest BCUT2D eigenvalue weighted by atomic mass is 10.2. The van der Waals surface area contributed by atoms with Crippen LogP contribution in [0.15, 0.2) is 48.6 Å². The van der Waals surface area contributed by atoms with Crippen LogP contribution in [0.5, 0.6) is 0 Å². The first-order valence-corrected chi connectivity index (χ1v) is 13.7. The van der Waals surface area contributed by atoms with Gasteiger partial charge in [0.2, 0.25) is 0 Å². The molecule has 196 valence electrons. The van der Waals surface area contributed by atoms with Crippen molar-refractivity contribution < 1.29 is 33.1 Å². The molecule has 0 heterocycles. The molecule has 0 aliphatic rings. The molecule has 0 saturated heterocycles. The number of carbonyl (C=O) groups excluding carboxylic acids is 1. The zero-order valence-corrected chi connectivity index (χ0v) is 21.5. The Morgan fingerprint density at radius 1 is 0.882 bits per heavy atom. The van der Waals surface area contributed by atoms with E-state index in [1.165, 1.54) is 19.3 Å². The zero-order valence-electron chi connectivity index (χ0n) is 20.6. The van der Waals surface area contributed by atoms with Gasteiger partial charge in [-0.05, 0) is 44.9 Å². The van der Waals surface area contributed by atoms with Gasteiger partial charge in [-0.3, -0.25) is 13.8 Å². The van der Waals surface area contributed by atoms with Gasteiger partial charge >= 0.3 is 13.8 Å². The molecule has 0 aromatic heterocycles. The lowest BCUT2D eigenvalue weighted by Gasteiger charge is -2.15. The number of allylic oxidation sites excluding steroid dienone is 8. The number of ether oxygens (including phenoxy) is 1. The summed E-state index contributed by atoms with van der Waals surface area (Å²) in [6.07, 6.45) is 25.3. The Kier molecular flexibility index (Phi) is 22.2. The summed E-state index contributed by atoms with van der Waals surface area (Å²) < 4.78 is 25.5. The summed E-state index contributed by atoms with van der Waals surface area (Å²) in [6, 6.07) is 0. The van der Waals surface area contributed by atoms with Gasteiger partial charge < -0.3 is 20.5 Å². The van der Waals surface area contributed by atoms with E-state index in [2.05, 4.69) is 64.6 Å². The lowest BCUT2D eigenvalue weighted by molar-refractivity contribution is -0.147. The third-order valence-electron chi connectivity index (χ3n) is 4.45. The molecule has 8 nitrogen and oxygen atoms in total. The van der Waals surface area contributed by atoms with Gasteiger partial charge in [-0.15, -0.1) is 0 Å². The molecule has 0 fully saturated rings. The number of phosphoric acid groups is 1. The molecule has 0 aromatic carbocycles. The second-order valence-corrected chi connectivity index (χ2v) is 9.16. The molecule has 4 N–H and O–H groups in total. The van der Waals surface area contributed by atoms with Crippen molar-refractivity contribution in [3.05, 3.63) is 48.6 Å². The topological polar surface area (TPSA) is 128 Å². The third-order valence-corrected chi connectivity index (χ3v) is 5.43. The van der Waals surface area contributed by atoms with E-state index in [1.807, 2.05) is 0 Å². The van der Waals surface area contributed by atoms with Crippen LogP contribution in [-0.2, 0) is 23.1 Å². The maximum Gasteiger partial charge on any atom is 0.472 e. The quantitative estimate of drug-likeness (QED) is 0.0806. The van der Waals surface area contributed by atoms with Gasteiger partial charge in [0, 0.05) is 13.0 Å². The molecule has 1 unspecified atom stereocenters. The van der Waals surface area contributed by atoms with Gasteiger partial charge in [-0.25, -0.2) is 4.57 Å². The number of aliphatic hydroxyl groups is 1. The average Bonchev–Trinajstić information content (AvgIpc) is 2.82. The minimum atomic E-state index is -4.25. The van der Waals surface area contributed by atoms with E-state index in [0.717, 1.165) is 32.1 Å². The molecule has 0 rings (SSSR count). The number of unbranched alkanes of at least 4 members (excludes halogenated alkanes) is 4. The van der Waals surface area contributed by atoms with Gasteiger partial charge in [-0.1, -0.05) is 68.4 Å². The summed E-state index contributed by atoms with van der Waals surface area (Å²) in [6.45, 7) is 1.33. The highest BCUT2D eigenvalue weighted by Crippen LogP contribution is 2.42. The van der Waals surface area contributed by atoms with E-state index in [-0.39, 0.29) is 26.2 Å². The van der Waals surface area contributed by atoms with Crippen LogP contribution in [0, 0.1) is 0 Å². The summed E-state index contributed by atoms with van der Waals surface area (Å²) in [4.78, 5) is 21.0. The number of nitrogens with two attached hydrogens (primary N) is 1. The maximum absolute atomic E-state index is 11.7. The highest BCUT2D eigenvalue weighted by atomic mass is 31.2. The minimum Gasteiger partial charge on any atom is -0.463 e. The van der Waals surface area contributed by atoms with Crippen molar-refractivity contribution >= 4 is 13.8 Å². The number of esters is 1. The fraction of sp³-hybridized carbons (Fsp3) is 0.640. The fourth-order valence-corrected chi connectivity index (χ4v) is 3.37. The molecule has 0 saturated carbocycles. The number of aliphatic hydroxyl groups excluding tert-OH is 1. The predicted molar refractivity (Wildman–Crippen MR) is 136 cm³/mol. The highest BCUT2D eigenvalue weighted by molar-refractivity contribution is 7.47. The van der Waals surface area contributed by atoms with Gasteiger partial charge in [0.1, 0.15) is 12.7 Å². The second-order valence-electron chi connectivity index (χ2n) is 7.70. The van der Waals surface area contributed by atoms with Crippen molar-refractivity contribution in [3.63, 3.8) is 0 Å². The number of hydrogen-bond donors (Lipinski definition) is 3. The van der Waals surface area contributed by atoms with Crippen molar-refractivity contribution in [2.45, 2.75) is 77.2 Å². The highest BCUT2D eigenvalue weighted by Gasteiger charge is 2.22. The molecular weight excluding hydrogens is 457 g/mol. The SMILES string of the molecule is CCCC/C=C/C/C=C/C/C=C/C/C=C/CCCCC(=O)OC[C@@H](O)COP(=O)(O)OCCN. The van der Waals surface area contributed by atoms with Gasteiger partial charge in [0.25, 0.3) is 0 Å². The van der Waals surface area contributed by atoms with E-state index in [4.69, 9.17) is 10.5 Å². The van der Waals surface area contributed by atoms with Crippen LogP contribution in [0.4, 0.5) is 0 Å². The van der Waals surface area contributed by atoms with Crippen LogP contribution in [0.3, 0.4) is 0 Å². The van der Waals surface area contributed by atoms with Crippen LogP contribution in [0.25, 0.3) is 0 Å². The predicted octanol–water partition coefficient (Wildman–Crippen LogP) is 5.13. The van der Waals surface area contributed by atoms with Gasteiger partial charge in [-0.2, -0.15) is 0 Å². The Labute approximate surface area is 205 Å². The van der Waals surface area contributed by atoms with Crippen LogP contribution < -0.4 is 5.73 Å². The van der Waals surface area contributed by atoms with Crippen LogP contribution in [0.2, 0.25) is 0 Å². The summed E-state index contributed by atoms with van der Waals surface area (Å²) in [5.41, 5.74) is 5.16. The third kappa shape index (κ3) is 23.6. The summed E-state index contributed by atoms with van der Waals surface area (Å²) in [5, 5.41) is 9.67. The number of carbonyl (C=O) groups is 1. The smallest absolute Gasteiger partial charge is 0.463 e. The maximum atomic E-state index is 11.7. The first-order chi connectivity index (χ1) is 16.4. The standard InChI is InChI=1S/C25H44NO7P/c1-2-3-4-5-6-7-8-9-10-11-12-13-14-15-16-17-18-19-25(28)31-22-24(27)23-33-34(29,30)32-21-20-26/h5-6,8-9,11-12,14-15,24,27H,2-4,7,10,13,16-23,26H2,1H3,(H,29,30)/b6-5+,9-8+,12-11+,15-14+/t24-/m1/s1. The van der Waals surface area contributed by atoms with Gasteiger partial charge in [0.05, 0.1) is 13.2 Å². The lowest BCUT2D eigenvalue weighted by Crippen LogP contribution is -2.23. The molecule has 0 aliphatic heterocycles. The summed E-state index contributed by atoms with van der Waals surface area (Å²) in [5.74, 6) is -0.429. The van der Waals surface area contributed by atoms with E-state index >= 15 is 0 Å². The first kappa shape index (κ1) is 32.5. The van der Waals surface area contributed by atoms with Crippen molar-refractivity contribution in [2.24, 2.45) is 5.73 Å². The van der Waals surface area contributed by atoms with E-state index in [0.29, 0.717) is 6.42 Å². The Morgan fingerprint density at radius 2 is 1.44 bits per heavy atom. The Morgan fingerprint density at radius 3 is 2.00 bits per heavy atom. The molecule has 34 heavy (non-hydrogen) atoms. The molecule has 0 bridgehead atoms. The second kappa shape index (κ2) is 23.2. The van der Waals surface area contributed by atoms with E-state index < -0.39 is 26.5 Å². The molecule has 2 atom stereocenters. The van der Waals surface area contributed by atoms with Crippen molar-refractivity contribution in [1.29, 1.82) is 0 Å². The normalized spacial score (nSPS) is 15.1. The molecule has 0 aliphatic carbocycles. The van der Waals surface area contributed by atoms with Crippen molar-refractivity contribution in [2.75, 3.05) is 26.4 Å².